The third-order valence-electron chi connectivity index (χ3n) is 3.69. The van der Waals surface area contributed by atoms with Crippen LogP contribution >= 0.6 is 0 Å². The molecule has 122 valence electrons. The Labute approximate surface area is 134 Å². The van der Waals surface area contributed by atoms with Gasteiger partial charge in [0.1, 0.15) is 0 Å². The van der Waals surface area contributed by atoms with Crippen molar-refractivity contribution in [3.05, 3.63) is 29.8 Å². The number of carbonyl (C=O) groups excluding carboxylic acids is 1. The number of ketones is 1. The number of phenols is 1. The zero-order valence-electron chi connectivity index (χ0n) is 13.8. The number of phenolic OH excluding ortho intramolecular Hbond substituents is 1. The molecule has 0 aliphatic carbocycles. The van der Waals surface area contributed by atoms with E-state index in [1.54, 1.807) is 30.4 Å². The maximum atomic E-state index is 11.8. The van der Waals surface area contributed by atoms with E-state index in [1.807, 2.05) is 0 Å². The number of methoxy groups -OCH3 is 1. The van der Waals surface area contributed by atoms with Crippen LogP contribution in [0, 0.1) is 0 Å². The molecule has 0 radical (unpaired) electrons. The van der Waals surface area contributed by atoms with Gasteiger partial charge in [0, 0.05) is 6.42 Å². The summed E-state index contributed by atoms with van der Waals surface area (Å²) in [4.78, 5) is 11.8. The van der Waals surface area contributed by atoms with Crippen LogP contribution in [0.5, 0.6) is 11.5 Å². The van der Waals surface area contributed by atoms with E-state index < -0.39 is 0 Å². The summed E-state index contributed by atoms with van der Waals surface area (Å²) in [5.41, 5.74) is 0.850. The highest BCUT2D eigenvalue weighted by Crippen LogP contribution is 2.26. The SMILES string of the molecule is CCCCCCCCCC(=O)/C=C/c1ccc(O)c(OC)c1. The van der Waals surface area contributed by atoms with Crippen LogP contribution in [0.4, 0.5) is 0 Å². The van der Waals surface area contributed by atoms with Gasteiger partial charge < -0.3 is 9.84 Å². The van der Waals surface area contributed by atoms with E-state index in [0.29, 0.717) is 12.2 Å². The number of allylic oxidation sites excluding steroid dienone is 1. The molecule has 0 atom stereocenters. The lowest BCUT2D eigenvalue weighted by atomic mass is 10.1. The van der Waals surface area contributed by atoms with Gasteiger partial charge in [0.05, 0.1) is 7.11 Å². The lowest BCUT2D eigenvalue weighted by molar-refractivity contribution is -0.114. The fourth-order valence-electron chi connectivity index (χ4n) is 2.33. The Morgan fingerprint density at radius 3 is 2.50 bits per heavy atom. The third kappa shape index (κ3) is 7.30. The average molecular weight is 304 g/mol. The summed E-state index contributed by atoms with van der Waals surface area (Å²) in [6, 6.07) is 5.04. The highest BCUT2D eigenvalue weighted by Gasteiger charge is 2.01. The topological polar surface area (TPSA) is 46.5 Å². The lowest BCUT2D eigenvalue weighted by Crippen LogP contribution is -1.92. The van der Waals surface area contributed by atoms with Crippen LogP contribution in [0.25, 0.3) is 6.08 Å². The van der Waals surface area contributed by atoms with Gasteiger partial charge >= 0.3 is 0 Å². The molecule has 0 fully saturated rings. The number of ether oxygens (including phenoxy) is 1. The zero-order valence-corrected chi connectivity index (χ0v) is 13.8. The molecule has 0 amide bonds. The van der Waals surface area contributed by atoms with Crippen molar-refractivity contribution in [2.45, 2.75) is 58.3 Å². The summed E-state index contributed by atoms with van der Waals surface area (Å²) in [5.74, 6) is 0.677. The predicted molar refractivity (Wildman–Crippen MR) is 91.3 cm³/mol. The van der Waals surface area contributed by atoms with Gasteiger partial charge in [-0.15, -0.1) is 0 Å². The summed E-state index contributed by atoms with van der Waals surface area (Å²) < 4.78 is 5.04. The van der Waals surface area contributed by atoms with E-state index in [4.69, 9.17) is 4.74 Å². The molecule has 1 N–H and O–H groups in total. The first-order valence-electron chi connectivity index (χ1n) is 8.25. The summed E-state index contributed by atoms with van der Waals surface area (Å²) in [6.45, 7) is 2.22. The first-order chi connectivity index (χ1) is 10.7. The first-order valence-corrected chi connectivity index (χ1v) is 8.25. The van der Waals surface area contributed by atoms with Crippen molar-refractivity contribution >= 4 is 11.9 Å². The fraction of sp³-hybridized carbons (Fsp3) is 0.526. The van der Waals surface area contributed by atoms with Gasteiger partial charge in [0.2, 0.25) is 0 Å². The molecule has 0 spiro atoms. The van der Waals surface area contributed by atoms with Crippen molar-refractivity contribution < 1.29 is 14.6 Å². The monoisotopic (exact) mass is 304 g/mol. The van der Waals surface area contributed by atoms with Crippen molar-refractivity contribution in [3.8, 4) is 11.5 Å². The number of rotatable bonds is 11. The standard InChI is InChI=1S/C19H28O3/c1-3-4-5-6-7-8-9-10-17(20)13-11-16-12-14-18(21)19(15-16)22-2/h11-15,21H,3-10H2,1-2H3/b13-11+. The Hall–Kier alpha value is -1.77. The lowest BCUT2D eigenvalue weighted by Gasteiger charge is -2.03. The molecule has 0 aliphatic heterocycles. The zero-order chi connectivity index (χ0) is 16.2. The Morgan fingerprint density at radius 1 is 1.14 bits per heavy atom. The first kappa shape index (κ1) is 18.3. The Bertz CT molecular complexity index is 478. The Balaban J connectivity index is 2.27. The van der Waals surface area contributed by atoms with Gasteiger partial charge in [0.15, 0.2) is 17.3 Å². The second kappa shape index (κ2) is 10.9. The molecule has 3 heteroatoms. The molecule has 0 unspecified atom stereocenters. The van der Waals surface area contributed by atoms with Crippen LogP contribution in [-0.4, -0.2) is 18.0 Å². The van der Waals surface area contributed by atoms with E-state index in [0.717, 1.165) is 18.4 Å². The maximum absolute atomic E-state index is 11.8. The average Bonchev–Trinajstić information content (AvgIpc) is 2.53. The maximum Gasteiger partial charge on any atom is 0.161 e. The molecule has 1 aromatic carbocycles. The van der Waals surface area contributed by atoms with E-state index in [9.17, 15) is 9.90 Å². The highest BCUT2D eigenvalue weighted by atomic mass is 16.5. The summed E-state index contributed by atoms with van der Waals surface area (Å²) in [6.07, 6.45) is 12.5. The van der Waals surface area contributed by atoms with E-state index >= 15 is 0 Å². The Morgan fingerprint density at radius 2 is 1.82 bits per heavy atom. The molecule has 1 rings (SSSR count). The van der Waals surface area contributed by atoms with Gasteiger partial charge in [0.25, 0.3) is 0 Å². The number of carbonyl (C=O) groups is 1. The smallest absolute Gasteiger partial charge is 0.161 e. The summed E-state index contributed by atoms with van der Waals surface area (Å²) in [7, 11) is 1.51. The molecule has 0 aliphatic rings. The Kier molecular flexibility index (Phi) is 9.04. The highest BCUT2D eigenvalue weighted by molar-refractivity contribution is 5.93. The van der Waals surface area contributed by atoms with Gasteiger partial charge in [-0.25, -0.2) is 0 Å². The minimum atomic E-state index is 0.106. The minimum absolute atomic E-state index is 0.106. The predicted octanol–water partition coefficient (Wildman–Crippen LogP) is 5.12. The number of unbranched alkanes of at least 4 members (excludes halogenated alkanes) is 6. The fourth-order valence-corrected chi connectivity index (χ4v) is 2.33. The third-order valence-corrected chi connectivity index (χ3v) is 3.69. The minimum Gasteiger partial charge on any atom is -0.504 e. The molecule has 0 aromatic heterocycles. The molecule has 0 saturated carbocycles. The van der Waals surface area contributed by atoms with Crippen molar-refractivity contribution in [2.75, 3.05) is 7.11 Å². The molecule has 22 heavy (non-hydrogen) atoms. The van der Waals surface area contributed by atoms with Crippen molar-refractivity contribution in [3.63, 3.8) is 0 Å². The quantitative estimate of drug-likeness (QED) is 0.455. The largest absolute Gasteiger partial charge is 0.504 e. The van der Waals surface area contributed by atoms with Crippen LogP contribution in [-0.2, 0) is 4.79 Å². The molecule has 3 nitrogen and oxygen atoms in total. The summed E-state index contributed by atoms with van der Waals surface area (Å²) in [5, 5.41) is 9.52. The number of hydrogen-bond donors (Lipinski definition) is 1. The van der Waals surface area contributed by atoms with Gasteiger partial charge in [-0.2, -0.15) is 0 Å². The van der Waals surface area contributed by atoms with Crippen molar-refractivity contribution in [1.82, 2.24) is 0 Å². The van der Waals surface area contributed by atoms with Gasteiger partial charge in [-0.05, 0) is 30.2 Å². The molecular formula is C19H28O3. The van der Waals surface area contributed by atoms with Crippen LogP contribution < -0.4 is 4.74 Å². The normalized spacial score (nSPS) is 11.0. The number of aromatic hydroxyl groups is 1. The second-order valence-corrected chi connectivity index (χ2v) is 5.60. The second-order valence-electron chi connectivity index (χ2n) is 5.60. The summed E-state index contributed by atoms with van der Waals surface area (Å²) >= 11 is 0. The van der Waals surface area contributed by atoms with Crippen molar-refractivity contribution in [2.24, 2.45) is 0 Å². The molecule has 1 aromatic rings. The van der Waals surface area contributed by atoms with E-state index in [1.165, 1.54) is 39.2 Å². The van der Waals surface area contributed by atoms with Gasteiger partial charge in [-0.3, -0.25) is 4.79 Å². The van der Waals surface area contributed by atoms with Crippen LogP contribution in [0.3, 0.4) is 0 Å². The van der Waals surface area contributed by atoms with Crippen molar-refractivity contribution in [1.29, 1.82) is 0 Å². The van der Waals surface area contributed by atoms with Crippen LogP contribution in [0.15, 0.2) is 24.3 Å². The number of benzene rings is 1. The van der Waals surface area contributed by atoms with Gasteiger partial charge in [-0.1, -0.05) is 57.6 Å². The van der Waals surface area contributed by atoms with Crippen LogP contribution in [0.1, 0.15) is 63.9 Å². The van der Waals surface area contributed by atoms with E-state index in [2.05, 4.69) is 6.92 Å². The molecule has 0 saturated heterocycles. The van der Waals surface area contributed by atoms with Crippen LogP contribution in [0.2, 0.25) is 0 Å². The van der Waals surface area contributed by atoms with E-state index in [-0.39, 0.29) is 11.5 Å². The molecule has 0 bridgehead atoms. The number of hydrogen-bond acceptors (Lipinski definition) is 3. The molecular weight excluding hydrogens is 276 g/mol. The molecule has 0 heterocycles.